The summed E-state index contributed by atoms with van der Waals surface area (Å²) in [4.78, 5) is 22.2. The van der Waals surface area contributed by atoms with Crippen molar-refractivity contribution in [3.63, 3.8) is 0 Å². The summed E-state index contributed by atoms with van der Waals surface area (Å²) in [6.07, 6.45) is 4.12. The second-order valence-corrected chi connectivity index (χ2v) is 8.53. The van der Waals surface area contributed by atoms with Crippen molar-refractivity contribution in [3.05, 3.63) is 29.4 Å². The molecule has 0 amide bonds. The maximum Gasteiger partial charge on any atom is 0.745 e. The van der Waals surface area contributed by atoms with Crippen LogP contribution in [-0.4, -0.2) is 45.3 Å². The van der Waals surface area contributed by atoms with Gasteiger partial charge in [0, 0.05) is 32.4 Å². The van der Waals surface area contributed by atoms with Gasteiger partial charge in [-0.2, -0.15) is 0 Å². The van der Waals surface area contributed by atoms with Crippen molar-refractivity contribution >= 4 is 50.4 Å². The fourth-order valence-electron chi connectivity index (χ4n) is 2.87. The normalized spacial score (nSPS) is 12.9. The number of pyridine rings is 1. The maximum atomic E-state index is 9.39. The Bertz CT molecular complexity index is 843. The number of nitrogen functional groups attached to an aromatic ring is 1. The predicted molar refractivity (Wildman–Crippen MR) is 122 cm³/mol. The van der Waals surface area contributed by atoms with Gasteiger partial charge in [0.2, 0.25) is 0 Å². The Morgan fingerprint density at radius 1 is 1.27 bits per heavy atom. The van der Waals surface area contributed by atoms with E-state index in [2.05, 4.69) is 40.3 Å². The highest BCUT2D eigenvalue weighted by molar-refractivity contribution is 7.46. The fraction of sp³-hybridized carbons (Fsp3) is 0.500. The minimum Gasteiger partial charge on any atom is -0.398 e. The highest BCUT2D eigenvalue weighted by Gasteiger charge is 2.31. The molecule has 0 aliphatic heterocycles. The smallest absolute Gasteiger partial charge is 0.398 e. The number of benzene rings is 1. The van der Waals surface area contributed by atoms with Gasteiger partial charge in [0.05, 0.1) is 16.2 Å². The lowest BCUT2D eigenvalue weighted by molar-refractivity contribution is 0.295. The van der Waals surface area contributed by atoms with E-state index in [1.54, 1.807) is 6.20 Å². The van der Waals surface area contributed by atoms with Crippen LogP contribution in [0.25, 0.3) is 10.9 Å². The van der Waals surface area contributed by atoms with Crippen LogP contribution in [0.1, 0.15) is 33.6 Å². The molecule has 166 valence electrons. The van der Waals surface area contributed by atoms with E-state index in [0.717, 1.165) is 42.6 Å². The molecule has 1 heterocycles. The standard InChI is InChI=1S/C18H27ClN4.O5P2/c1-4-23(5-2)10-6-7-13(3)22-17-8-9-21-18-12-15(19)16(20)11-14(17)18;1-6(2)5-7(3)4/h8-9,11-13H,4-7,10,20H2,1-3H3,(H,21,22);/p+2. The van der Waals surface area contributed by atoms with E-state index in [-0.39, 0.29) is 0 Å². The zero-order valence-electron chi connectivity index (χ0n) is 17.3. The minimum absolute atomic E-state index is 0.396. The third-order valence-corrected chi connectivity index (χ3v) is 5.85. The molecule has 2 rings (SSSR count). The highest BCUT2D eigenvalue weighted by atomic mass is 35.5. The Labute approximate surface area is 183 Å². The molecule has 0 saturated heterocycles. The molecule has 3 unspecified atom stereocenters. The van der Waals surface area contributed by atoms with E-state index in [9.17, 15) is 9.13 Å². The summed E-state index contributed by atoms with van der Waals surface area (Å²) in [6, 6.07) is 6.11. The molecule has 0 saturated carbocycles. The first-order valence-corrected chi connectivity index (χ1v) is 12.1. The molecule has 12 heteroatoms. The first-order chi connectivity index (χ1) is 14.2. The van der Waals surface area contributed by atoms with Crippen molar-refractivity contribution in [3.8, 4) is 0 Å². The van der Waals surface area contributed by atoms with Crippen LogP contribution < -0.4 is 11.1 Å². The van der Waals surface area contributed by atoms with Gasteiger partial charge in [0.15, 0.2) is 4.31 Å². The Balaban J connectivity index is 0.000000553. The summed E-state index contributed by atoms with van der Waals surface area (Å²) in [6.45, 7) is 10.0. The number of fused-ring (bicyclic) bond motifs is 1. The zero-order chi connectivity index (χ0) is 22.7. The van der Waals surface area contributed by atoms with Crippen LogP contribution in [-0.2, 0) is 13.4 Å². The second kappa shape index (κ2) is 13.8. The van der Waals surface area contributed by atoms with E-state index in [1.165, 1.54) is 6.42 Å². The largest absolute Gasteiger partial charge is 0.745 e. The van der Waals surface area contributed by atoms with Crippen molar-refractivity contribution in [1.82, 2.24) is 9.88 Å². The van der Waals surface area contributed by atoms with Crippen LogP contribution in [0.15, 0.2) is 24.4 Å². The van der Waals surface area contributed by atoms with Crippen LogP contribution in [0.4, 0.5) is 11.4 Å². The summed E-state index contributed by atoms with van der Waals surface area (Å²) in [5.74, 6) is 0. The monoisotopic (exact) mass is 478 g/mol. The third-order valence-electron chi connectivity index (χ3n) is 4.41. The first kappa shape index (κ1) is 26.6. The first-order valence-electron chi connectivity index (χ1n) is 9.50. The average molecular weight is 479 g/mol. The molecule has 5 N–H and O–H groups in total. The van der Waals surface area contributed by atoms with Gasteiger partial charge in [0.1, 0.15) is 0 Å². The van der Waals surface area contributed by atoms with Crippen LogP contribution in [0.2, 0.25) is 5.02 Å². The summed E-state index contributed by atoms with van der Waals surface area (Å²) in [7, 11) is -5.85. The predicted octanol–water partition coefficient (Wildman–Crippen LogP) is 4.70. The number of anilines is 2. The van der Waals surface area contributed by atoms with Crippen LogP contribution in [0, 0.1) is 0 Å². The van der Waals surface area contributed by atoms with Crippen molar-refractivity contribution in [1.29, 1.82) is 0 Å². The summed E-state index contributed by atoms with van der Waals surface area (Å²) in [5, 5.41) is 5.15. The van der Waals surface area contributed by atoms with E-state index >= 15 is 0 Å². The molecule has 0 spiro atoms. The van der Waals surface area contributed by atoms with Gasteiger partial charge in [-0.05, 0) is 57.6 Å². The van der Waals surface area contributed by atoms with Gasteiger partial charge in [0.25, 0.3) is 0 Å². The van der Waals surface area contributed by atoms with Crippen LogP contribution >= 0.6 is 28.1 Å². The number of hydrogen-bond donors (Lipinski definition) is 4. The Kier molecular flexibility index (Phi) is 12.2. The molecule has 0 aliphatic carbocycles. The van der Waals surface area contributed by atoms with E-state index in [1.807, 2.05) is 18.2 Å². The van der Waals surface area contributed by atoms with Crippen molar-refractivity contribution < 1.29 is 23.2 Å². The van der Waals surface area contributed by atoms with Crippen LogP contribution in [0.5, 0.6) is 0 Å². The topological polar surface area (TPSA) is 138 Å². The number of aromatic nitrogens is 1. The lowest BCUT2D eigenvalue weighted by atomic mass is 10.1. The molecule has 0 radical (unpaired) electrons. The van der Waals surface area contributed by atoms with Gasteiger partial charge in [-0.1, -0.05) is 25.4 Å². The lowest BCUT2D eigenvalue weighted by Gasteiger charge is -2.21. The third kappa shape index (κ3) is 9.58. The number of nitrogens with zero attached hydrogens (tertiary/aromatic N) is 2. The van der Waals surface area contributed by atoms with Crippen molar-refractivity contribution in [2.45, 2.75) is 39.7 Å². The number of halogens is 1. The zero-order valence-corrected chi connectivity index (χ0v) is 19.8. The molecule has 1 aromatic heterocycles. The molecule has 0 fully saturated rings. The Hall–Kier alpha value is -1.44. The van der Waals surface area contributed by atoms with Crippen molar-refractivity contribution in [2.24, 2.45) is 0 Å². The molecule has 0 bridgehead atoms. The van der Waals surface area contributed by atoms with Gasteiger partial charge < -0.3 is 16.0 Å². The van der Waals surface area contributed by atoms with Gasteiger partial charge in [-0.15, -0.1) is 9.79 Å². The molecule has 30 heavy (non-hydrogen) atoms. The Morgan fingerprint density at radius 2 is 1.90 bits per heavy atom. The molecule has 3 atom stereocenters. The summed E-state index contributed by atoms with van der Waals surface area (Å²) >= 11 is 6.08. The minimum atomic E-state index is -2.92. The number of nitrogens with one attached hydrogen (secondary N) is 1. The van der Waals surface area contributed by atoms with Gasteiger partial charge in [-0.25, -0.2) is 0 Å². The SMILES string of the molecule is CCN(CC)CCCC(C)Nc1ccnc2cc(Cl)c(N)cc12.O=[P+](O)O[P+](=O)O. The van der Waals surface area contributed by atoms with E-state index in [4.69, 9.17) is 27.1 Å². The van der Waals surface area contributed by atoms with Gasteiger partial charge >= 0.3 is 16.5 Å². The molecular weight excluding hydrogens is 450 g/mol. The van der Waals surface area contributed by atoms with Crippen LogP contribution in [0.3, 0.4) is 0 Å². The molecule has 9 nitrogen and oxygen atoms in total. The number of rotatable bonds is 10. The van der Waals surface area contributed by atoms with Crippen molar-refractivity contribution in [2.75, 3.05) is 30.7 Å². The Morgan fingerprint density at radius 3 is 2.43 bits per heavy atom. The molecule has 1 aromatic carbocycles. The summed E-state index contributed by atoms with van der Waals surface area (Å²) in [5.41, 5.74) is 8.45. The fourth-order valence-corrected chi connectivity index (χ4v) is 3.50. The van der Waals surface area contributed by atoms with Gasteiger partial charge in [-0.3, -0.25) is 4.98 Å². The highest BCUT2D eigenvalue weighted by Crippen LogP contribution is 2.31. The number of nitrogens with two attached hydrogens (primary N) is 1. The molecule has 2 aromatic rings. The summed E-state index contributed by atoms with van der Waals surface area (Å²) < 4.78 is 22.2. The second-order valence-electron chi connectivity index (χ2n) is 6.52. The number of hydrogen-bond acceptors (Lipinski definition) is 7. The lowest BCUT2D eigenvalue weighted by Crippen LogP contribution is -2.25. The average Bonchev–Trinajstić information content (AvgIpc) is 2.66. The molecule has 0 aliphatic rings. The molecular formula is C18H29ClN4O5P2+2. The van der Waals surface area contributed by atoms with E-state index < -0.39 is 16.5 Å². The van der Waals surface area contributed by atoms with E-state index in [0.29, 0.717) is 16.8 Å². The quantitative estimate of drug-likeness (QED) is 0.283. The maximum absolute atomic E-state index is 9.39.